The Morgan fingerprint density at radius 3 is 2.47 bits per heavy atom. The van der Waals surface area contributed by atoms with E-state index < -0.39 is 6.43 Å². The zero-order chi connectivity index (χ0) is 12.4. The van der Waals surface area contributed by atoms with E-state index in [1.54, 1.807) is 24.3 Å². The van der Waals surface area contributed by atoms with Crippen molar-refractivity contribution in [3.8, 4) is 11.1 Å². The van der Waals surface area contributed by atoms with Crippen LogP contribution in [0, 0.1) is 0 Å². The van der Waals surface area contributed by atoms with E-state index in [1.165, 1.54) is 6.07 Å². The summed E-state index contributed by atoms with van der Waals surface area (Å²) in [5.74, 6) is 0. The Bertz CT molecular complexity index is 541. The predicted molar refractivity (Wildman–Crippen MR) is 69.5 cm³/mol. The second-order valence-corrected chi connectivity index (χ2v) is 4.89. The summed E-state index contributed by atoms with van der Waals surface area (Å²) in [5, 5.41) is 0.319. The highest BCUT2D eigenvalue weighted by Gasteiger charge is 2.14. The van der Waals surface area contributed by atoms with Crippen molar-refractivity contribution < 1.29 is 8.78 Å². The van der Waals surface area contributed by atoms with Gasteiger partial charge in [-0.2, -0.15) is 0 Å². The van der Waals surface area contributed by atoms with Gasteiger partial charge in [0.1, 0.15) is 0 Å². The van der Waals surface area contributed by atoms with Gasteiger partial charge >= 0.3 is 0 Å². The quantitative estimate of drug-likeness (QED) is 0.666. The monoisotopic (exact) mass is 316 g/mol. The van der Waals surface area contributed by atoms with Crippen LogP contribution >= 0.6 is 27.5 Å². The minimum atomic E-state index is -2.54. The number of rotatable bonds is 2. The molecule has 0 saturated heterocycles. The zero-order valence-corrected chi connectivity index (χ0v) is 11.0. The Kier molecular flexibility index (Phi) is 3.79. The summed E-state index contributed by atoms with van der Waals surface area (Å²) in [6.45, 7) is 0. The highest BCUT2D eigenvalue weighted by Crippen LogP contribution is 2.34. The van der Waals surface area contributed by atoms with Crippen molar-refractivity contribution in [3.63, 3.8) is 0 Å². The lowest BCUT2D eigenvalue weighted by molar-refractivity contribution is 0.152. The molecule has 0 fully saturated rings. The average molecular weight is 318 g/mol. The standard InChI is InChI=1S/C13H8BrClF2/c14-9-3-1-2-8(6-9)11-5-4-10(15)7-12(11)13(16)17/h1-7,13H. The number of benzene rings is 2. The number of hydrogen-bond donors (Lipinski definition) is 0. The van der Waals surface area contributed by atoms with Gasteiger partial charge in [0.2, 0.25) is 0 Å². The summed E-state index contributed by atoms with van der Waals surface area (Å²) < 4.78 is 26.7. The van der Waals surface area contributed by atoms with Crippen LogP contribution in [0.25, 0.3) is 11.1 Å². The molecule has 0 aliphatic heterocycles. The molecule has 0 aliphatic rings. The molecular weight excluding hydrogens is 309 g/mol. The number of hydrogen-bond acceptors (Lipinski definition) is 0. The Hall–Kier alpha value is -0.930. The van der Waals surface area contributed by atoms with E-state index in [0.717, 1.165) is 10.0 Å². The van der Waals surface area contributed by atoms with Crippen LogP contribution < -0.4 is 0 Å². The van der Waals surface area contributed by atoms with E-state index >= 15 is 0 Å². The Labute approximate surface area is 111 Å². The molecule has 0 unspecified atom stereocenters. The summed E-state index contributed by atoms with van der Waals surface area (Å²) in [5.41, 5.74) is 1.20. The minimum Gasteiger partial charge on any atom is -0.205 e. The second-order valence-electron chi connectivity index (χ2n) is 3.54. The Morgan fingerprint density at radius 2 is 1.82 bits per heavy atom. The summed E-state index contributed by atoms with van der Waals surface area (Å²) in [4.78, 5) is 0. The first-order valence-electron chi connectivity index (χ1n) is 4.91. The van der Waals surface area contributed by atoms with Gasteiger partial charge in [0.25, 0.3) is 6.43 Å². The molecule has 0 aliphatic carbocycles. The molecule has 88 valence electrons. The van der Waals surface area contributed by atoms with E-state index in [2.05, 4.69) is 15.9 Å². The fourth-order valence-corrected chi connectivity index (χ4v) is 2.21. The lowest BCUT2D eigenvalue weighted by atomic mass is 10.00. The van der Waals surface area contributed by atoms with E-state index in [-0.39, 0.29) is 5.56 Å². The number of alkyl halides is 2. The van der Waals surface area contributed by atoms with Gasteiger partial charge in [-0.1, -0.05) is 45.7 Å². The molecule has 0 heterocycles. The van der Waals surface area contributed by atoms with Gasteiger partial charge in [0.05, 0.1) is 0 Å². The molecule has 0 aromatic heterocycles. The Balaban J connectivity index is 2.59. The van der Waals surface area contributed by atoms with E-state index in [0.29, 0.717) is 10.6 Å². The highest BCUT2D eigenvalue weighted by molar-refractivity contribution is 9.10. The lowest BCUT2D eigenvalue weighted by Crippen LogP contribution is -1.90. The summed E-state index contributed by atoms with van der Waals surface area (Å²) in [7, 11) is 0. The predicted octanol–water partition coefficient (Wildman–Crippen LogP) is 5.71. The van der Waals surface area contributed by atoms with Crippen LogP contribution in [0.2, 0.25) is 5.02 Å². The Morgan fingerprint density at radius 1 is 1.06 bits per heavy atom. The molecule has 0 spiro atoms. The van der Waals surface area contributed by atoms with Crippen LogP contribution in [-0.2, 0) is 0 Å². The zero-order valence-electron chi connectivity index (χ0n) is 8.63. The van der Waals surface area contributed by atoms with Gasteiger partial charge in [-0.15, -0.1) is 0 Å². The normalized spacial score (nSPS) is 10.9. The molecule has 0 N–H and O–H groups in total. The van der Waals surface area contributed by atoms with Crippen LogP contribution in [0.15, 0.2) is 46.9 Å². The smallest absolute Gasteiger partial charge is 0.205 e. The third-order valence-electron chi connectivity index (χ3n) is 2.38. The third kappa shape index (κ3) is 2.85. The average Bonchev–Trinajstić information content (AvgIpc) is 2.28. The van der Waals surface area contributed by atoms with Crippen LogP contribution in [0.5, 0.6) is 0 Å². The molecule has 0 atom stereocenters. The molecule has 0 bridgehead atoms. The molecule has 0 radical (unpaired) electrons. The fraction of sp³-hybridized carbons (Fsp3) is 0.0769. The van der Waals surface area contributed by atoms with Crippen molar-refractivity contribution in [1.29, 1.82) is 0 Å². The topological polar surface area (TPSA) is 0 Å². The van der Waals surface area contributed by atoms with E-state index in [4.69, 9.17) is 11.6 Å². The largest absolute Gasteiger partial charge is 0.264 e. The van der Waals surface area contributed by atoms with Gasteiger partial charge in [-0.25, -0.2) is 8.78 Å². The van der Waals surface area contributed by atoms with Gasteiger partial charge < -0.3 is 0 Å². The maximum atomic E-state index is 12.9. The summed E-state index contributed by atoms with van der Waals surface area (Å²) in [6, 6.07) is 11.8. The second kappa shape index (κ2) is 5.15. The maximum Gasteiger partial charge on any atom is 0.264 e. The van der Waals surface area contributed by atoms with Gasteiger partial charge in [-0.05, 0) is 35.4 Å². The molecular formula is C13H8BrClF2. The summed E-state index contributed by atoms with van der Waals surface area (Å²) in [6.07, 6.45) is -2.54. The van der Waals surface area contributed by atoms with Crippen molar-refractivity contribution >= 4 is 27.5 Å². The highest BCUT2D eigenvalue weighted by atomic mass is 79.9. The fourth-order valence-electron chi connectivity index (χ4n) is 1.63. The molecule has 0 nitrogen and oxygen atoms in total. The number of halogens is 4. The van der Waals surface area contributed by atoms with Gasteiger partial charge in [0, 0.05) is 15.1 Å². The first-order chi connectivity index (χ1) is 8.08. The molecule has 2 aromatic rings. The summed E-state index contributed by atoms with van der Waals surface area (Å²) >= 11 is 9.06. The molecule has 0 saturated carbocycles. The van der Waals surface area contributed by atoms with Gasteiger partial charge in [0.15, 0.2) is 0 Å². The molecule has 4 heteroatoms. The van der Waals surface area contributed by atoms with E-state index in [9.17, 15) is 8.78 Å². The van der Waals surface area contributed by atoms with Crippen molar-refractivity contribution in [2.24, 2.45) is 0 Å². The van der Waals surface area contributed by atoms with Crippen molar-refractivity contribution in [3.05, 3.63) is 57.5 Å². The van der Waals surface area contributed by atoms with Crippen LogP contribution in [0.1, 0.15) is 12.0 Å². The van der Waals surface area contributed by atoms with E-state index in [1.807, 2.05) is 12.1 Å². The van der Waals surface area contributed by atoms with Gasteiger partial charge in [-0.3, -0.25) is 0 Å². The van der Waals surface area contributed by atoms with Crippen molar-refractivity contribution in [2.75, 3.05) is 0 Å². The third-order valence-corrected chi connectivity index (χ3v) is 3.11. The van der Waals surface area contributed by atoms with Crippen LogP contribution in [-0.4, -0.2) is 0 Å². The maximum absolute atomic E-state index is 12.9. The van der Waals surface area contributed by atoms with Crippen molar-refractivity contribution in [2.45, 2.75) is 6.43 Å². The minimum absolute atomic E-state index is 0.0457. The molecule has 17 heavy (non-hydrogen) atoms. The molecule has 2 aromatic carbocycles. The first kappa shape index (κ1) is 12.5. The molecule has 0 amide bonds. The first-order valence-corrected chi connectivity index (χ1v) is 6.08. The van der Waals surface area contributed by atoms with Crippen LogP contribution in [0.3, 0.4) is 0 Å². The molecule has 2 rings (SSSR count). The van der Waals surface area contributed by atoms with Crippen LogP contribution in [0.4, 0.5) is 8.78 Å². The van der Waals surface area contributed by atoms with Crippen molar-refractivity contribution in [1.82, 2.24) is 0 Å². The lowest BCUT2D eigenvalue weighted by Gasteiger charge is -2.10. The SMILES string of the molecule is FC(F)c1cc(Cl)ccc1-c1cccc(Br)c1.